The van der Waals surface area contributed by atoms with Gasteiger partial charge in [0, 0.05) is 30.8 Å². The van der Waals surface area contributed by atoms with E-state index in [1.165, 1.54) is 13.3 Å². The first-order chi connectivity index (χ1) is 11.0. The van der Waals surface area contributed by atoms with Gasteiger partial charge in [-0.25, -0.2) is 9.48 Å². The summed E-state index contributed by atoms with van der Waals surface area (Å²) in [6.45, 7) is 0.245. The predicted octanol–water partition coefficient (Wildman–Crippen LogP) is 1.85. The minimum absolute atomic E-state index is 0.193. The van der Waals surface area contributed by atoms with Gasteiger partial charge in [-0.1, -0.05) is 15.9 Å². The first-order valence-corrected chi connectivity index (χ1v) is 7.64. The van der Waals surface area contributed by atoms with Crippen LogP contribution in [-0.4, -0.2) is 46.5 Å². The lowest BCUT2D eigenvalue weighted by Crippen LogP contribution is -2.41. The summed E-state index contributed by atoms with van der Waals surface area (Å²) in [7, 11) is 1.48. The highest BCUT2D eigenvalue weighted by molar-refractivity contribution is 9.10. The van der Waals surface area contributed by atoms with Crippen molar-refractivity contribution in [3.05, 3.63) is 46.7 Å². The lowest BCUT2D eigenvalue weighted by Gasteiger charge is -2.13. The Morgan fingerprint density at radius 3 is 2.70 bits per heavy atom. The van der Waals surface area contributed by atoms with Gasteiger partial charge < -0.3 is 15.2 Å². The van der Waals surface area contributed by atoms with Crippen molar-refractivity contribution >= 4 is 27.8 Å². The summed E-state index contributed by atoms with van der Waals surface area (Å²) in [5, 5.41) is 15.7. The molecule has 0 aliphatic rings. The number of aromatic nitrogens is 2. The minimum Gasteiger partial charge on any atom is -0.480 e. The van der Waals surface area contributed by atoms with Crippen molar-refractivity contribution in [2.75, 3.05) is 13.7 Å². The van der Waals surface area contributed by atoms with E-state index in [0.717, 1.165) is 10.2 Å². The molecule has 0 spiro atoms. The molecule has 2 rings (SSSR count). The number of rotatable bonds is 7. The van der Waals surface area contributed by atoms with Gasteiger partial charge in [-0.15, -0.1) is 0 Å². The second-order valence-corrected chi connectivity index (χ2v) is 5.71. The topological polar surface area (TPSA) is 93.5 Å². The summed E-state index contributed by atoms with van der Waals surface area (Å²) in [5.41, 5.74) is 1.08. The van der Waals surface area contributed by atoms with Gasteiger partial charge in [0.1, 0.15) is 6.04 Å². The Hall–Kier alpha value is -2.19. The molecule has 0 bridgehead atoms. The largest absolute Gasteiger partial charge is 0.480 e. The molecule has 1 unspecified atom stereocenters. The molecule has 2 N–H and O–H groups in total. The molecule has 23 heavy (non-hydrogen) atoms. The number of carboxylic acids is 1. The van der Waals surface area contributed by atoms with Crippen molar-refractivity contribution in [3.8, 4) is 5.69 Å². The zero-order valence-corrected chi connectivity index (χ0v) is 14.0. The molecule has 1 heterocycles. The number of carboxylic acid groups (broad SMARTS) is 1. The Kier molecular flexibility index (Phi) is 5.89. The second-order valence-electron chi connectivity index (χ2n) is 4.80. The van der Waals surface area contributed by atoms with Gasteiger partial charge in [0.2, 0.25) is 0 Å². The third kappa shape index (κ3) is 4.64. The van der Waals surface area contributed by atoms with Crippen LogP contribution in [0.5, 0.6) is 0 Å². The number of hydrogen-bond donors (Lipinski definition) is 2. The number of hydrogen-bond acceptors (Lipinski definition) is 4. The normalized spacial score (nSPS) is 11.9. The molecule has 1 amide bonds. The van der Waals surface area contributed by atoms with Crippen LogP contribution < -0.4 is 5.32 Å². The Labute approximate surface area is 141 Å². The SMILES string of the molecule is COCCC(NC(=O)c1cnn(-c2ccc(Br)cc2)c1)C(=O)O. The second kappa shape index (κ2) is 7.89. The molecular weight excluding hydrogens is 366 g/mol. The van der Waals surface area contributed by atoms with Gasteiger partial charge >= 0.3 is 5.97 Å². The smallest absolute Gasteiger partial charge is 0.326 e. The van der Waals surface area contributed by atoms with Gasteiger partial charge in [-0.2, -0.15) is 5.10 Å². The highest BCUT2D eigenvalue weighted by atomic mass is 79.9. The summed E-state index contributed by atoms with van der Waals surface area (Å²) in [4.78, 5) is 23.3. The van der Waals surface area contributed by atoms with E-state index in [0.29, 0.717) is 0 Å². The third-order valence-corrected chi connectivity index (χ3v) is 3.68. The number of nitrogens with one attached hydrogen (secondary N) is 1. The van der Waals surface area contributed by atoms with E-state index >= 15 is 0 Å². The van der Waals surface area contributed by atoms with E-state index in [1.807, 2.05) is 24.3 Å². The van der Waals surface area contributed by atoms with Crippen LogP contribution in [0, 0.1) is 0 Å². The van der Waals surface area contributed by atoms with E-state index in [9.17, 15) is 9.59 Å². The first-order valence-electron chi connectivity index (χ1n) is 6.84. The Morgan fingerprint density at radius 1 is 1.39 bits per heavy atom. The van der Waals surface area contributed by atoms with Crippen LogP contribution in [0.15, 0.2) is 41.1 Å². The van der Waals surface area contributed by atoms with Crippen molar-refractivity contribution in [1.29, 1.82) is 0 Å². The monoisotopic (exact) mass is 381 g/mol. The zero-order valence-electron chi connectivity index (χ0n) is 12.4. The molecule has 0 aliphatic heterocycles. The maximum Gasteiger partial charge on any atom is 0.326 e. The van der Waals surface area contributed by atoms with Crippen molar-refractivity contribution in [2.45, 2.75) is 12.5 Å². The number of nitrogens with zero attached hydrogens (tertiary/aromatic N) is 2. The number of carbonyl (C=O) groups excluding carboxylic acids is 1. The first kappa shape index (κ1) is 17.2. The Bertz CT molecular complexity index is 684. The van der Waals surface area contributed by atoms with E-state index in [2.05, 4.69) is 26.3 Å². The lowest BCUT2D eigenvalue weighted by atomic mass is 10.2. The highest BCUT2D eigenvalue weighted by Crippen LogP contribution is 2.14. The minimum atomic E-state index is -1.10. The molecule has 0 fully saturated rings. The van der Waals surface area contributed by atoms with Crippen LogP contribution in [0.3, 0.4) is 0 Å². The van der Waals surface area contributed by atoms with E-state index in [1.54, 1.807) is 10.9 Å². The number of methoxy groups -OCH3 is 1. The van der Waals surface area contributed by atoms with Crippen LogP contribution in [0.2, 0.25) is 0 Å². The van der Waals surface area contributed by atoms with Crippen molar-refractivity contribution in [3.63, 3.8) is 0 Å². The summed E-state index contributed by atoms with van der Waals surface area (Å²) in [6.07, 6.45) is 3.14. The van der Waals surface area contributed by atoms with Crippen molar-refractivity contribution in [1.82, 2.24) is 15.1 Å². The maximum atomic E-state index is 12.1. The molecule has 8 heteroatoms. The summed E-state index contributed by atoms with van der Waals surface area (Å²) in [6, 6.07) is 6.41. The average molecular weight is 382 g/mol. The predicted molar refractivity (Wildman–Crippen MR) is 86.6 cm³/mol. The van der Waals surface area contributed by atoms with Crippen molar-refractivity contribution < 1.29 is 19.4 Å². The molecule has 0 radical (unpaired) electrons. The average Bonchev–Trinajstić information content (AvgIpc) is 3.01. The molecule has 0 saturated heterocycles. The van der Waals surface area contributed by atoms with Gasteiger partial charge in [-0.3, -0.25) is 4.79 Å². The van der Waals surface area contributed by atoms with Gasteiger partial charge in [0.25, 0.3) is 5.91 Å². The number of benzene rings is 1. The van der Waals surface area contributed by atoms with E-state index < -0.39 is 17.9 Å². The fraction of sp³-hybridized carbons (Fsp3) is 0.267. The Morgan fingerprint density at radius 2 is 2.09 bits per heavy atom. The van der Waals surface area contributed by atoms with Crippen LogP contribution in [0.1, 0.15) is 16.8 Å². The van der Waals surface area contributed by atoms with Gasteiger partial charge in [0.05, 0.1) is 17.4 Å². The third-order valence-electron chi connectivity index (χ3n) is 3.15. The van der Waals surface area contributed by atoms with Crippen molar-refractivity contribution in [2.24, 2.45) is 0 Å². The number of aliphatic carboxylic acids is 1. The number of halogens is 1. The summed E-state index contributed by atoms with van der Waals surface area (Å²) >= 11 is 3.35. The lowest BCUT2D eigenvalue weighted by molar-refractivity contribution is -0.139. The molecule has 0 saturated carbocycles. The fourth-order valence-electron chi connectivity index (χ4n) is 1.91. The summed E-state index contributed by atoms with van der Waals surface area (Å²) < 4.78 is 7.33. The number of carbonyl (C=O) groups is 2. The molecule has 122 valence electrons. The van der Waals surface area contributed by atoms with E-state index in [-0.39, 0.29) is 18.6 Å². The number of amides is 1. The van der Waals surface area contributed by atoms with Gasteiger partial charge in [-0.05, 0) is 24.3 Å². The van der Waals surface area contributed by atoms with Gasteiger partial charge in [0.15, 0.2) is 0 Å². The van der Waals surface area contributed by atoms with Crippen LogP contribution in [0.25, 0.3) is 5.69 Å². The summed E-state index contributed by atoms with van der Waals surface area (Å²) in [5.74, 6) is -1.59. The van der Waals surface area contributed by atoms with Crippen LogP contribution in [0.4, 0.5) is 0 Å². The Balaban J connectivity index is 2.08. The fourth-order valence-corrected chi connectivity index (χ4v) is 2.17. The standard InChI is InChI=1S/C15H16BrN3O4/c1-23-7-6-13(15(21)22)18-14(20)10-8-17-19(9-10)12-4-2-11(16)3-5-12/h2-5,8-9,13H,6-7H2,1H3,(H,18,20)(H,21,22). The number of ether oxygens (including phenoxy) is 1. The maximum absolute atomic E-state index is 12.1. The molecule has 1 aromatic carbocycles. The molecule has 7 nitrogen and oxygen atoms in total. The van der Waals surface area contributed by atoms with Crippen LogP contribution >= 0.6 is 15.9 Å². The zero-order chi connectivity index (χ0) is 16.8. The van der Waals surface area contributed by atoms with E-state index in [4.69, 9.17) is 9.84 Å². The molecule has 1 atom stereocenters. The molecule has 1 aromatic heterocycles. The van der Waals surface area contributed by atoms with Crippen LogP contribution in [-0.2, 0) is 9.53 Å². The molecule has 0 aliphatic carbocycles. The molecule has 2 aromatic rings. The quantitative estimate of drug-likeness (QED) is 0.763. The highest BCUT2D eigenvalue weighted by Gasteiger charge is 2.21. The molecular formula is C15H16BrN3O4.